The van der Waals surface area contributed by atoms with Crippen molar-refractivity contribution in [3.8, 4) is 5.69 Å². The van der Waals surface area contributed by atoms with Crippen LogP contribution < -0.4 is 0 Å². The number of benzene rings is 1. The minimum Gasteiger partial charge on any atom is -0.386 e. The van der Waals surface area contributed by atoms with Gasteiger partial charge in [-0.05, 0) is 12.1 Å². The average Bonchev–Trinajstić information content (AvgIpc) is 2.80. The molecule has 0 aliphatic carbocycles. The molecule has 0 saturated carbocycles. The van der Waals surface area contributed by atoms with Crippen molar-refractivity contribution in [2.75, 3.05) is 13.7 Å². The number of aliphatic hydroxyl groups excluding tert-OH is 1. The number of aliphatic hydroxyl groups is 1. The SMILES string of the molecule is COCC(O)c1cnn(-c2ccccc2)c1. The summed E-state index contributed by atoms with van der Waals surface area (Å²) in [7, 11) is 1.56. The lowest BCUT2D eigenvalue weighted by atomic mass is 10.2. The lowest BCUT2D eigenvalue weighted by Crippen LogP contribution is -2.03. The molecule has 4 nitrogen and oxygen atoms in total. The number of hydrogen-bond acceptors (Lipinski definition) is 3. The zero-order chi connectivity index (χ0) is 11.4. The second-order valence-corrected chi connectivity index (χ2v) is 3.52. The van der Waals surface area contributed by atoms with E-state index in [2.05, 4.69) is 5.10 Å². The summed E-state index contributed by atoms with van der Waals surface area (Å²) in [5.74, 6) is 0. The summed E-state index contributed by atoms with van der Waals surface area (Å²) in [5.41, 5.74) is 1.73. The van der Waals surface area contributed by atoms with Gasteiger partial charge in [-0.3, -0.25) is 0 Å². The molecule has 2 rings (SSSR count). The fourth-order valence-electron chi connectivity index (χ4n) is 1.48. The fraction of sp³-hybridized carbons (Fsp3) is 0.250. The maximum Gasteiger partial charge on any atom is 0.105 e. The minimum atomic E-state index is -0.623. The van der Waals surface area contributed by atoms with Crippen LogP contribution in [-0.4, -0.2) is 28.6 Å². The first-order valence-electron chi connectivity index (χ1n) is 5.08. The third-order valence-electron chi connectivity index (χ3n) is 2.33. The van der Waals surface area contributed by atoms with E-state index in [1.54, 1.807) is 24.2 Å². The Morgan fingerprint density at radius 3 is 2.81 bits per heavy atom. The third kappa shape index (κ3) is 2.29. The molecule has 1 unspecified atom stereocenters. The second kappa shape index (κ2) is 4.92. The van der Waals surface area contributed by atoms with Gasteiger partial charge in [-0.25, -0.2) is 4.68 Å². The number of methoxy groups -OCH3 is 1. The van der Waals surface area contributed by atoms with Crippen LogP contribution in [0.4, 0.5) is 0 Å². The van der Waals surface area contributed by atoms with Crippen molar-refractivity contribution < 1.29 is 9.84 Å². The van der Waals surface area contributed by atoms with Gasteiger partial charge in [0.25, 0.3) is 0 Å². The third-order valence-corrected chi connectivity index (χ3v) is 2.33. The van der Waals surface area contributed by atoms with Gasteiger partial charge >= 0.3 is 0 Å². The van der Waals surface area contributed by atoms with E-state index in [9.17, 15) is 5.11 Å². The Bertz CT molecular complexity index is 439. The van der Waals surface area contributed by atoms with E-state index in [4.69, 9.17) is 4.74 Å². The van der Waals surface area contributed by atoms with E-state index < -0.39 is 6.10 Å². The van der Waals surface area contributed by atoms with E-state index in [1.807, 2.05) is 30.3 Å². The van der Waals surface area contributed by atoms with E-state index in [0.717, 1.165) is 11.3 Å². The zero-order valence-corrected chi connectivity index (χ0v) is 9.08. The largest absolute Gasteiger partial charge is 0.386 e. The number of nitrogens with zero attached hydrogens (tertiary/aromatic N) is 2. The number of para-hydroxylation sites is 1. The smallest absolute Gasteiger partial charge is 0.105 e. The van der Waals surface area contributed by atoms with Crippen molar-refractivity contribution in [3.63, 3.8) is 0 Å². The maximum atomic E-state index is 9.70. The van der Waals surface area contributed by atoms with Gasteiger partial charge in [0, 0.05) is 18.9 Å². The van der Waals surface area contributed by atoms with Crippen LogP contribution in [0.3, 0.4) is 0 Å². The molecule has 0 fully saturated rings. The van der Waals surface area contributed by atoms with Gasteiger partial charge in [0.1, 0.15) is 6.10 Å². The van der Waals surface area contributed by atoms with Crippen LogP contribution in [0.25, 0.3) is 5.69 Å². The Morgan fingerprint density at radius 1 is 1.38 bits per heavy atom. The van der Waals surface area contributed by atoms with Crippen LogP contribution in [0.1, 0.15) is 11.7 Å². The lowest BCUT2D eigenvalue weighted by Gasteiger charge is -2.05. The molecule has 1 N–H and O–H groups in total. The summed E-state index contributed by atoms with van der Waals surface area (Å²) < 4.78 is 6.62. The minimum absolute atomic E-state index is 0.278. The summed E-state index contributed by atoms with van der Waals surface area (Å²) in [6, 6.07) is 9.76. The Kier molecular flexibility index (Phi) is 3.34. The summed E-state index contributed by atoms with van der Waals surface area (Å²) in [4.78, 5) is 0. The van der Waals surface area contributed by atoms with Gasteiger partial charge in [-0.15, -0.1) is 0 Å². The maximum absolute atomic E-state index is 9.70. The first-order valence-corrected chi connectivity index (χ1v) is 5.08. The first kappa shape index (κ1) is 10.9. The van der Waals surface area contributed by atoms with Gasteiger partial charge in [0.2, 0.25) is 0 Å². The van der Waals surface area contributed by atoms with Crippen molar-refractivity contribution >= 4 is 0 Å². The first-order chi connectivity index (χ1) is 7.81. The standard InChI is InChI=1S/C12H14N2O2/c1-16-9-12(15)10-7-13-14(8-10)11-5-3-2-4-6-11/h2-8,12,15H,9H2,1H3. The molecule has 0 aliphatic rings. The van der Waals surface area contributed by atoms with Crippen LogP contribution in [0.15, 0.2) is 42.7 Å². The molecule has 0 aliphatic heterocycles. The highest BCUT2D eigenvalue weighted by Crippen LogP contribution is 2.14. The molecule has 0 bridgehead atoms. The average molecular weight is 218 g/mol. The molecule has 1 aromatic heterocycles. The van der Waals surface area contributed by atoms with Crippen LogP contribution in [-0.2, 0) is 4.74 Å². The fourth-order valence-corrected chi connectivity index (χ4v) is 1.48. The molecule has 0 radical (unpaired) electrons. The summed E-state index contributed by atoms with van der Waals surface area (Å²) in [6.07, 6.45) is 2.83. The van der Waals surface area contributed by atoms with E-state index in [0.29, 0.717) is 0 Å². The molecule has 1 aromatic carbocycles. The molecule has 2 aromatic rings. The Balaban J connectivity index is 2.20. The van der Waals surface area contributed by atoms with Gasteiger partial charge in [0.15, 0.2) is 0 Å². The Hall–Kier alpha value is -1.65. The van der Waals surface area contributed by atoms with Gasteiger partial charge in [-0.1, -0.05) is 18.2 Å². The summed E-state index contributed by atoms with van der Waals surface area (Å²) in [5, 5.41) is 13.9. The van der Waals surface area contributed by atoms with Gasteiger partial charge < -0.3 is 9.84 Å². The lowest BCUT2D eigenvalue weighted by molar-refractivity contribution is 0.0644. The normalized spacial score (nSPS) is 12.6. The quantitative estimate of drug-likeness (QED) is 0.847. The number of rotatable bonds is 4. The predicted octanol–water partition coefficient (Wildman–Crippen LogP) is 1.55. The van der Waals surface area contributed by atoms with Gasteiger partial charge in [-0.2, -0.15) is 5.10 Å². The van der Waals surface area contributed by atoms with Gasteiger partial charge in [0.05, 0.1) is 18.5 Å². The van der Waals surface area contributed by atoms with Crippen molar-refractivity contribution in [2.45, 2.75) is 6.10 Å². The van der Waals surface area contributed by atoms with Crippen molar-refractivity contribution in [1.29, 1.82) is 0 Å². The molecule has 0 spiro atoms. The zero-order valence-electron chi connectivity index (χ0n) is 9.08. The van der Waals surface area contributed by atoms with Crippen molar-refractivity contribution in [2.24, 2.45) is 0 Å². The summed E-state index contributed by atoms with van der Waals surface area (Å²) >= 11 is 0. The molecular weight excluding hydrogens is 204 g/mol. The molecule has 4 heteroatoms. The number of ether oxygens (including phenoxy) is 1. The highest BCUT2D eigenvalue weighted by Gasteiger charge is 2.09. The highest BCUT2D eigenvalue weighted by molar-refractivity contribution is 5.31. The monoisotopic (exact) mass is 218 g/mol. The van der Waals surface area contributed by atoms with Crippen molar-refractivity contribution in [3.05, 3.63) is 48.3 Å². The van der Waals surface area contributed by atoms with Crippen molar-refractivity contribution in [1.82, 2.24) is 9.78 Å². The molecule has 1 heterocycles. The van der Waals surface area contributed by atoms with Crippen LogP contribution in [0.2, 0.25) is 0 Å². The topological polar surface area (TPSA) is 47.3 Å². The Morgan fingerprint density at radius 2 is 2.12 bits per heavy atom. The van der Waals surface area contributed by atoms with Crippen LogP contribution >= 0.6 is 0 Å². The highest BCUT2D eigenvalue weighted by atomic mass is 16.5. The van der Waals surface area contributed by atoms with E-state index in [1.165, 1.54) is 0 Å². The predicted molar refractivity (Wildman–Crippen MR) is 60.4 cm³/mol. The Labute approximate surface area is 94.1 Å². The van der Waals surface area contributed by atoms with Crippen LogP contribution in [0, 0.1) is 0 Å². The van der Waals surface area contributed by atoms with E-state index in [-0.39, 0.29) is 6.61 Å². The molecule has 0 amide bonds. The molecule has 16 heavy (non-hydrogen) atoms. The number of aromatic nitrogens is 2. The molecule has 0 saturated heterocycles. The molecule has 1 atom stereocenters. The van der Waals surface area contributed by atoms with E-state index >= 15 is 0 Å². The van der Waals surface area contributed by atoms with Crippen LogP contribution in [0.5, 0.6) is 0 Å². The number of hydrogen-bond donors (Lipinski definition) is 1. The molecule has 84 valence electrons. The summed E-state index contributed by atoms with van der Waals surface area (Å²) in [6.45, 7) is 0.278. The second-order valence-electron chi connectivity index (χ2n) is 3.52. The molecular formula is C12H14N2O2.